The largest absolute Gasteiger partial charge is 0.480 e. The van der Waals surface area contributed by atoms with Crippen molar-refractivity contribution in [2.24, 2.45) is 5.92 Å². The van der Waals surface area contributed by atoms with E-state index in [-0.39, 0.29) is 5.69 Å². The van der Waals surface area contributed by atoms with Gasteiger partial charge in [-0.05, 0) is 5.92 Å². The Hall–Kier alpha value is -2.17. The van der Waals surface area contributed by atoms with Gasteiger partial charge in [0.05, 0.1) is 0 Å². The average molecular weight is 339 g/mol. The summed E-state index contributed by atoms with van der Waals surface area (Å²) in [6, 6.07) is -1.16. The maximum absolute atomic E-state index is 12.1. The van der Waals surface area contributed by atoms with Gasteiger partial charge in [-0.15, -0.1) is 11.3 Å². The minimum atomic E-state index is -5.07. The molecule has 1 aromatic rings. The van der Waals surface area contributed by atoms with Gasteiger partial charge >= 0.3 is 18.1 Å². The van der Waals surface area contributed by atoms with E-state index >= 15 is 0 Å². The van der Waals surface area contributed by atoms with Crippen molar-refractivity contribution in [2.45, 2.75) is 26.1 Å². The number of aliphatic carboxylic acids is 1. The molecule has 0 aliphatic rings. The van der Waals surface area contributed by atoms with E-state index in [2.05, 4.69) is 10.3 Å². The smallest absolute Gasteiger partial charge is 0.471 e. The summed E-state index contributed by atoms with van der Waals surface area (Å²) in [6.45, 7) is 3.16. The first-order valence-corrected chi connectivity index (χ1v) is 6.77. The average Bonchev–Trinajstić information content (AvgIpc) is 2.82. The number of thiazole rings is 1. The van der Waals surface area contributed by atoms with E-state index < -0.39 is 41.1 Å². The molecule has 0 bridgehead atoms. The molecule has 0 aromatic carbocycles. The highest BCUT2D eigenvalue weighted by Crippen LogP contribution is 2.21. The molecule has 0 aliphatic heterocycles. The maximum Gasteiger partial charge on any atom is 0.471 e. The number of hydrogen-bond acceptors (Lipinski definition) is 5. The standard InChI is InChI=1S/C11H12F3N3O4S/c1-4(2)6(8(19)20)16-7(18)5-3-22-10(15-5)17-9(21)11(12,13)14/h3-4,6H,1-2H3,(H,16,18)(H,19,20)(H,15,17,21). The highest BCUT2D eigenvalue weighted by molar-refractivity contribution is 7.14. The zero-order chi connectivity index (χ0) is 17.1. The summed E-state index contributed by atoms with van der Waals surface area (Å²) in [5.41, 5.74) is -0.283. The molecule has 1 atom stereocenters. The van der Waals surface area contributed by atoms with Gasteiger partial charge in [0.2, 0.25) is 0 Å². The van der Waals surface area contributed by atoms with Crippen molar-refractivity contribution in [3.8, 4) is 0 Å². The fourth-order valence-electron chi connectivity index (χ4n) is 1.33. The summed E-state index contributed by atoms with van der Waals surface area (Å²) in [7, 11) is 0. The quantitative estimate of drug-likeness (QED) is 0.753. The molecule has 0 radical (unpaired) electrons. The van der Waals surface area contributed by atoms with Gasteiger partial charge in [0, 0.05) is 5.38 Å². The van der Waals surface area contributed by atoms with Crippen molar-refractivity contribution in [1.82, 2.24) is 10.3 Å². The van der Waals surface area contributed by atoms with E-state index in [9.17, 15) is 27.6 Å². The first kappa shape index (κ1) is 17.9. The van der Waals surface area contributed by atoms with Crippen LogP contribution in [0.15, 0.2) is 5.38 Å². The van der Waals surface area contributed by atoms with Crippen LogP contribution in [0.4, 0.5) is 18.3 Å². The van der Waals surface area contributed by atoms with E-state index in [1.54, 1.807) is 13.8 Å². The van der Waals surface area contributed by atoms with Crippen LogP contribution < -0.4 is 10.6 Å². The van der Waals surface area contributed by atoms with Gasteiger partial charge in [0.25, 0.3) is 5.91 Å². The van der Waals surface area contributed by atoms with Crippen LogP contribution in [-0.2, 0) is 9.59 Å². The van der Waals surface area contributed by atoms with E-state index in [0.29, 0.717) is 11.3 Å². The number of amides is 2. The molecular formula is C11H12F3N3O4S. The summed E-state index contributed by atoms with van der Waals surface area (Å²) in [6.07, 6.45) is -5.07. The SMILES string of the molecule is CC(C)C(NC(=O)c1csc(NC(=O)C(F)(F)F)n1)C(=O)O. The molecular weight excluding hydrogens is 327 g/mol. The summed E-state index contributed by atoms with van der Waals surface area (Å²) in [5, 5.41) is 13.3. The molecule has 0 aliphatic carbocycles. The maximum atomic E-state index is 12.1. The number of carboxylic acid groups (broad SMARTS) is 1. The molecule has 0 saturated carbocycles. The molecule has 1 rings (SSSR count). The van der Waals surface area contributed by atoms with E-state index in [1.807, 2.05) is 0 Å². The van der Waals surface area contributed by atoms with Crippen molar-refractivity contribution in [2.75, 3.05) is 5.32 Å². The fraction of sp³-hybridized carbons (Fsp3) is 0.455. The van der Waals surface area contributed by atoms with Gasteiger partial charge < -0.3 is 10.4 Å². The zero-order valence-corrected chi connectivity index (χ0v) is 12.2. The Morgan fingerprint density at radius 3 is 2.36 bits per heavy atom. The summed E-state index contributed by atoms with van der Waals surface area (Å²) >= 11 is 0.615. The Labute approximate surface area is 126 Å². The molecule has 0 spiro atoms. The third-order valence-corrected chi connectivity index (χ3v) is 3.19. The number of nitrogens with one attached hydrogen (secondary N) is 2. The van der Waals surface area contributed by atoms with Crippen LogP contribution in [0.5, 0.6) is 0 Å². The molecule has 122 valence electrons. The third kappa shape index (κ3) is 4.69. The van der Waals surface area contributed by atoms with Crippen molar-refractivity contribution in [1.29, 1.82) is 0 Å². The Balaban J connectivity index is 2.77. The number of carbonyl (C=O) groups is 3. The third-order valence-electron chi connectivity index (χ3n) is 2.43. The number of hydrogen-bond donors (Lipinski definition) is 3. The van der Waals surface area contributed by atoms with Gasteiger partial charge in [0.1, 0.15) is 11.7 Å². The summed E-state index contributed by atoms with van der Waals surface area (Å²) in [4.78, 5) is 37.0. The number of rotatable bonds is 5. The number of anilines is 1. The molecule has 11 heteroatoms. The van der Waals surface area contributed by atoms with Gasteiger partial charge in [-0.25, -0.2) is 9.78 Å². The van der Waals surface area contributed by atoms with E-state index in [0.717, 1.165) is 5.38 Å². The van der Waals surface area contributed by atoms with E-state index in [4.69, 9.17) is 5.11 Å². The number of halogens is 3. The molecule has 1 heterocycles. The van der Waals surface area contributed by atoms with Crippen molar-refractivity contribution < 1.29 is 32.7 Å². The lowest BCUT2D eigenvalue weighted by Crippen LogP contribution is -2.44. The first-order valence-electron chi connectivity index (χ1n) is 5.89. The predicted octanol–water partition coefficient (Wildman–Crippen LogP) is 1.48. The molecule has 1 unspecified atom stereocenters. The highest BCUT2D eigenvalue weighted by Gasteiger charge is 2.39. The van der Waals surface area contributed by atoms with Crippen molar-refractivity contribution in [3.05, 3.63) is 11.1 Å². The molecule has 7 nitrogen and oxygen atoms in total. The monoisotopic (exact) mass is 339 g/mol. The number of nitrogens with zero attached hydrogens (tertiary/aromatic N) is 1. The lowest BCUT2D eigenvalue weighted by Gasteiger charge is -2.16. The second-order valence-electron chi connectivity index (χ2n) is 4.52. The van der Waals surface area contributed by atoms with Crippen LogP contribution in [0.25, 0.3) is 0 Å². The first-order chi connectivity index (χ1) is 10.0. The van der Waals surface area contributed by atoms with E-state index in [1.165, 1.54) is 5.32 Å². The Morgan fingerprint density at radius 1 is 1.32 bits per heavy atom. The van der Waals surface area contributed by atoms with Gasteiger partial charge in [-0.1, -0.05) is 13.8 Å². The van der Waals surface area contributed by atoms with Crippen molar-refractivity contribution in [3.63, 3.8) is 0 Å². The summed E-state index contributed by atoms with van der Waals surface area (Å²) < 4.78 is 36.2. The molecule has 0 saturated heterocycles. The minimum absolute atomic E-state index is 0.283. The molecule has 0 fully saturated rings. The molecule has 22 heavy (non-hydrogen) atoms. The lowest BCUT2D eigenvalue weighted by molar-refractivity contribution is -0.167. The normalized spacial score (nSPS) is 12.8. The second-order valence-corrected chi connectivity index (χ2v) is 5.38. The van der Waals surface area contributed by atoms with Crippen LogP contribution in [0, 0.1) is 5.92 Å². The number of carbonyl (C=O) groups excluding carboxylic acids is 2. The Kier molecular flexibility index (Phi) is 5.47. The minimum Gasteiger partial charge on any atom is -0.480 e. The van der Waals surface area contributed by atoms with Crippen molar-refractivity contribution >= 4 is 34.3 Å². The highest BCUT2D eigenvalue weighted by atomic mass is 32.1. The Morgan fingerprint density at radius 2 is 1.91 bits per heavy atom. The number of aromatic nitrogens is 1. The van der Waals surface area contributed by atoms with Crippen LogP contribution in [0.1, 0.15) is 24.3 Å². The van der Waals surface area contributed by atoms with Gasteiger partial charge in [-0.3, -0.25) is 14.9 Å². The number of alkyl halides is 3. The lowest BCUT2D eigenvalue weighted by atomic mass is 10.0. The van der Waals surface area contributed by atoms with Gasteiger partial charge in [-0.2, -0.15) is 13.2 Å². The fourth-order valence-corrected chi connectivity index (χ4v) is 2.02. The predicted molar refractivity (Wildman–Crippen MR) is 70.5 cm³/mol. The summed E-state index contributed by atoms with van der Waals surface area (Å²) in [5.74, 6) is -4.71. The van der Waals surface area contributed by atoms with Crippen LogP contribution in [-0.4, -0.2) is 40.1 Å². The zero-order valence-electron chi connectivity index (χ0n) is 11.4. The van der Waals surface area contributed by atoms with Gasteiger partial charge in [0.15, 0.2) is 5.13 Å². The Bertz CT molecular complexity index is 585. The van der Waals surface area contributed by atoms with Crippen LogP contribution in [0.2, 0.25) is 0 Å². The van der Waals surface area contributed by atoms with Crippen LogP contribution >= 0.6 is 11.3 Å². The number of carboxylic acids is 1. The van der Waals surface area contributed by atoms with Crippen LogP contribution in [0.3, 0.4) is 0 Å². The second kappa shape index (κ2) is 6.73. The topological polar surface area (TPSA) is 108 Å². The molecule has 3 N–H and O–H groups in total. The molecule has 1 aromatic heterocycles. The molecule has 2 amide bonds.